The fraction of sp³-hybridized carbons (Fsp3) is 0.579. The molecule has 1 aromatic rings. The maximum Gasteiger partial charge on any atom is 0.410 e. The number of nitrogens with zero attached hydrogens (tertiary/aromatic N) is 1. The highest BCUT2D eigenvalue weighted by atomic mass is 16.6. The van der Waals surface area contributed by atoms with Gasteiger partial charge < -0.3 is 19.1 Å². The third-order valence-electron chi connectivity index (χ3n) is 3.70. The lowest BCUT2D eigenvalue weighted by Crippen LogP contribution is -2.37. The van der Waals surface area contributed by atoms with Crippen LogP contribution in [-0.2, 0) is 11.3 Å². The van der Waals surface area contributed by atoms with E-state index in [1.807, 2.05) is 20.8 Å². The van der Waals surface area contributed by atoms with Gasteiger partial charge in [-0.15, -0.1) is 0 Å². The van der Waals surface area contributed by atoms with Gasteiger partial charge in [-0.2, -0.15) is 0 Å². The number of rotatable bonds is 5. The minimum Gasteiger partial charge on any atom is -0.493 e. The molecule has 0 fully saturated rings. The van der Waals surface area contributed by atoms with Crippen LogP contribution in [0, 0.1) is 0 Å². The number of hydrogen-bond donors (Lipinski definition) is 0. The smallest absolute Gasteiger partial charge is 0.410 e. The summed E-state index contributed by atoms with van der Waals surface area (Å²) in [4.78, 5) is 25.2. The maximum absolute atomic E-state index is 12.4. The Hall–Kier alpha value is -2.24. The highest BCUT2D eigenvalue weighted by Gasteiger charge is 2.27. The fourth-order valence-corrected chi connectivity index (χ4v) is 2.47. The van der Waals surface area contributed by atoms with Crippen LogP contribution < -0.4 is 9.47 Å². The number of aldehydes is 1. The van der Waals surface area contributed by atoms with Crippen molar-refractivity contribution >= 4 is 12.4 Å². The van der Waals surface area contributed by atoms with E-state index < -0.39 is 5.60 Å². The van der Waals surface area contributed by atoms with E-state index in [0.717, 1.165) is 24.7 Å². The van der Waals surface area contributed by atoms with Crippen molar-refractivity contribution in [2.24, 2.45) is 0 Å². The Morgan fingerprint density at radius 2 is 2.12 bits per heavy atom. The largest absolute Gasteiger partial charge is 0.493 e. The van der Waals surface area contributed by atoms with Crippen LogP contribution >= 0.6 is 0 Å². The van der Waals surface area contributed by atoms with Crippen molar-refractivity contribution in [3.05, 3.63) is 23.3 Å². The SMILES string of the molecule is CCCCOc1cc(C=O)cc2c1CN(C(=O)OC(C)(C)C)CCO2. The van der Waals surface area contributed by atoms with Crippen LogP contribution in [0.4, 0.5) is 4.79 Å². The first-order valence-electron chi connectivity index (χ1n) is 8.69. The summed E-state index contributed by atoms with van der Waals surface area (Å²) in [5.74, 6) is 1.17. The van der Waals surface area contributed by atoms with Gasteiger partial charge >= 0.3 is 6.09 Å². The second-order valence-electron chi connectivity index (χ2n) is 7.07. The normalized spacial score (nSPS) is 14.2. The minimum atomic E-state index is -0.561. The highest BCUT2D eigenvalue weighted by molar-refractivity contribution is 5.78. The molecule has 2 rings (SSSR count). The molecule has 0 atom stereocenters. The molecular formula is C19H27NO5. The summed E-state index contributed by atoms with van der Waals surface area (Å²) < 4.78 is 17.1. The van der Waals surface area contributed by atoms with E-state index in [1.54, 1.807) is 17.0 Å². The van der Waals surface area contributed by atoms with Gasteiger partial charge in [0.2, 0.25) is 0 Å². The van der Waals surface area contributed by atoms with Crippen molar-refractivity contribution in [3.63, 3.8) is 0 Å². The lowest BCUT2D eigenvalue weighted by molar-refractivity contribution is 0.0224. The van der Waals surface area contributed by atoms with E-state index in [0.29, 0.717) is 43.4 Å². The molecule has 0 aliphatic carbocycles. The first-order valence-corrected chi connectivity index (χ1v) is 8.69. The molecule has 0 N–H and O–H groups in total. The van der Waals surface area contributed by atoms with Gasteiger partial charge in [-0.1, -0.05) is 13.3 Å². The first kappa shape index (κ1) is 19.1. The summed E-state index contributed by atoms with van der Waals surface area (Å²) >= 11 is 0. The molecule has 25 heavy (non-hydrogen) atoms. The molecular weight excluding hydrogens is 322 g/mol. The van der Waals surface area contributed by atoms with Gasteiger partial charge in [0.05, 0.1) is 25.3 Å². The van der Waals surface area contributed by atoms with Gasteiger partial charge in [-0.3, -0.25) is 4.79 Å². The van der Waals surface area contributed by atoms with Crippen molar-refractivity contribution in [1.29, 1.82) is 0 Å². The fourth-order valence-electron chi connectivity index (χ4n) is 2.47. The van der Waals surface area contributed by atoms with Crippen molar-refractivity contribution in [2.75, 3.05) is 19.8 Å². The van der Waals surface area contributed by atoms with Gasteiger partial charge in [0.15, 0.2) is 0 Å². The molecule has 138 valence electrons. The molecule has 0 radical (unpaired) electrons. The summed E-state index contributed by atoms with van der Waals surface area (Å²) in [6.45, 7) is 9.22. The summed E-state index contributed by atoms with van der Waals surface area (Å²) in [6.07, 6.45) is 2.31. The lowest BCUT2D eigenvalue weighted by atomic mass is 10.1. The molecule has 0 bridgehead atoms. The van der Waals surface area contributed by atoms with Gasteiger partial charge in [0.25, 0.3) is 0 Å². The molecule has 6 heteroatoms. The Kier molecular flexibility index (Phi) is 6.28. The van der Waals surface area contributed by atoms with Crippen LogP contribution in [0.25, 0.3) is 0 Å². The number of unbranched alkanes of at least 4 members (excludes halogenated alkanes) is 1. The van der Waals surface area contributed by atoms with Crippen LogP contribution in [0.2, 0.25) is 0 Å². The van der Waals surface area contributed by atoms with Crippen molar-refractivity contribution in [2.45, 2.75) is 52.7 Å². The van der Waals surface area contributed by atoms with Gasteiger partial charge in [-0.05, 0) is 39.3 Å². The van der Waals surface area contributed by atoms with Crippen LogP contribution in [-0.4, -0.2) is 42.6 Å². The molecule has 1 heterocycles. The Labute approximate surface area is 149 Å². The topological polar surface area (TPSA) is 65.1 Å². The Morgan fingerprint density at radius 1 is 1.36 bits per heavy atom. The first-order chi connectivity index (χ1) is 11.8. The van der Waals surface area contributed by atoms with E-state index in [2.05, 4.69) is 6.92 Å². The van der Waals surface area contributed by atoms with E-state index in [4.69, 9.17) is 14.2 Å². The quantitative estimate of drug-likeness (QED) is 0.597. The number of amides is 1. The predicted molar refractivity (Wildman–Crippen MR) is 94.4 cm³/mol. The zero-order valence-corrected chi connectivity index (χ0v) is 15.5. The Balaban J connectivity index is 2.27. The summed E-state index contributed by atoms with van der Waals surface area (Å²) in [5.41, 5.74) is 0.704. The third-order valence-corrected chi connectivity index (χ3v) is 3.70. The number of fused-ring (bicyclic) bond motifs is 1. The number of ether oxygens (including phenoxy) is 3. The van der Waals surface area contributed by atoms with Crippen LogP contribution in [0.5, 0.6) is 11.5 Å². The zero-order valence-electron chi connectivity index (χ0n) is 15.5. The van der Waals surface area contributed by atoms with E-state index in [9.17, 15) is 9.59 Å². The Morgan fingerprint density at radius 3 is 2.76 bits per heavy atom. The highest BCUT2D eigenvalue weighted by Crippen LogP contribution is 2.34. The zero-order chi connectivity index (χ0) is 18.4. The van der Waals surface area contributed by atoms with Crippen molar-refractivity contribution in [3.8, 4) is 11.5 Å². The van der Waals surface area contributed by atoms with Crippen LogP contribution in [0.15, 0.2) is 12.1 Å². The summed E-state index contributed by atoms with van der Waals surface area (Å²) in [5, 5.41) is 0. The standard InChI is InChI=1S/C19H27NO5/c1-5-6-8-23-16-10-14(13-21)11-17-15(16)12-20(7-9-24-17)18(22)25-19(2,3)4/h10-11,13H,5-9,12H2,1-4H3. The lowest BCUT2D eigenvalue weighted by Gasteiger charge is -2.26. The summed E-state index contributed by atoms with van der Waals surface area (Å²) in [6, 6.07) is 3.39. The van der Waals surface area contributed by atoms with Crippen molar-refractivity contribution < 1.29 is 23.8 Å². The van der Waals surface area contributed by atoms with Gasteiger partial charge in [0.1, 0.15) is 30.0 Å². The molecule has 0 spiro atoms. The molecule has 1 aliphatic heterocycles. The predicted octanol–water partition coefficient (Wildman–Crippen LogP) is 3.81. The molecule has 6 nitrogen and oxygen atoms in total. The van der Waals surface area contributed by atoms with E-state index >= 15 is 0 Å². The molecule has 0 saturated carbocycles. The molecule has 1 aliphatic rings. The number of carbonyl (C=O) groups is 2. The molecule has 1 amide bonds. The Bertz CT molecular complexity index is 621. The van der Waals surface area contributed by atoms with E-state index in [-0.39, 0.29) is 6.09 Å². The van der Waals surface area contributed by atoms with Gasteiger partial charge in [-0.25, -0.2) is 4.79 Å². The number of hydrogen-bond acceptors (Lipinski definition) is 5. The summed E-state index contributed by atoms with van der Waals surface area (Å²) in [7, 11) is 0. The molecule has 0 aromatic heterocycles. The van der Waals surface area contributed by atoms with Gasteiger partial charge in [0, 0.05) is 5.56 Å². The second-order valence-corrected chi connectivity index (χ2v) is 7.07. The molecule has 0 unspecified atom stereocenters. The second kappa shape index (κ2) is 8.23. The van der Waals surface area contributed by atoms with Crippen molar-refractivity contribution in [1.82, 2.24) is 4.90 Å². The molecule has 1 aromatic carbocycles. The monoisotopic (exact) mass is 349 g/mol. The van der Waals surface area contributed by atoms with E-state index in [1.165, 1.54) is 0 Å². The van der Waals surface area contributed by atoms with Crippen LogP contribution in [0.1, 0.15) is 56.5 Å². The minimum absolute atomic E-state index is 0.324. The molecule has 0 saturated heterocycles. The third kappa shape index (κ3) is 5.37. The van der Waals surface area contributed by atoms with Crippen LogP contribution in [0.3, 0.4) is 0 Å². The average Bonchev–Trinajstić information content (AvgIpc) is 2.75. The number of carbonyl (C=O) groups excluding carboxylic acids is 2. The maximum atomic E-state index is 12.4. The number of benzene rings is 1. The average molecular weight is 349 g/mol.